The molecule has 0 atom stereocenters. The van der Waals surface area contributed by atoms with Crippen molar-refractivity contribution in [1.82, 2.24) is 0 Å². The van der Waals surface area contributed by atoms with Crippen LogP contribution in [0.3, 0.4) is 0 Å². The summed E-state index contributed by atoms with van der Waals surface area (Å²) < 4.78 is 105. The monoisotopic (exact) mass is 605 g/mol. The van der Waals surface area contributed by atoms with Crippen molar-refractivity contribution >= 4 is 23.4 Å². The molecule has 0 fully saturated rings. The van der Waals surface area contributed by atoms with Crippen LogP contribution < -0.4 is 10.1 Å². The topological polar surface area (TPSA) is 66.0 Å². The van der Waals surface area contributed by atoms with Gasteiger partial charge in [-0.05, 0) is 30.7 Å². The zero-order valence-corrected chi connectivity index (χ0v) is 22.6. The highest BCUT2D eigenvalue weighted by molar-refractivity contribution is 6.32. The highest BCUT2D eigenvalue weighted by atomic mass is 35.5. The van der Waals surface area contributed by atoms with Crippen LogP contribution in [0.25, 0.3) is 0 Å². The van der Waals surface area contributed by atoms with Gasteiger partial charge in [-0.25, -0.2) is 4.79 Å². The van der Waals surface area contributed by atoms with E-state index in [2.05, 4.69) is 14.8 Å². The number of nitrogens with one attached hydrogen (secondary N) is 1. The van der Waals surface area contributed by atoms with E-state index in [1.165, 1.54) is 6.07 Å². The first-order chi connectivity index (χ1) is 19.4. The molecule has 0 unspecified atom stereocenters. The highest BCUT2D eigenvalue weighted by Crippen LogP contribution is 2.55. The van der Waals surface area contributed by atoms with E-state index in [9.17, 15) is 31.1 Å². The van der Waals surface area contributed by atoms with Crippen LogP contribution in [0, 0.1) is 0 Å². The van der Waals surface area contributed by atoms with Crippen molar-refractivity contribution in [2.75, 3.05) is 19.2 Å². The number of alkyl halides is 6. The number of halogens is 7. The molecule has 1 amide bonds. The molecule has 3 aromatic rings. The summed E-state index contributed by atoms with van der Waals surface area (Å²) >= 11 is 6.28. The number of hydrogen-bond donors (Lipinski definition) is 1. The average molecular weight is 606 g/mol. The third-order valence-electron chi connectivity index (χ3n) is 5.84. The Balaban J connectivity index is 1.97. The number of carbonyl (C=O) groups excluding carboxylic acids is 1. The van der Waals surface area contributed by atoms with Gasteiger partial charge in [-0.15, -0.1) is 0 Å². The fourth-order valence-corrected chi connectivity index (χ4v) is 4.35. The van der Waals surface area contributed by atoms with Gasteiger partial charge in [-0.2, -0.15) is 26.3 Å². The largest absolute Gasteiger partial charge is 0.457 e. The first-order valence-corrected chi connectivity index (χ1v) is 12.6. The second-order valence-electron chi connectivity index (χ2n) is 8.66. The lowest BCUT2D eigenvalue weighted by Crippen LogP contribution is -2.56. The molecule has 1 N–H and O–H groups in total. The normalized spacial score (nSPS) is 12.2. The molecule has 0 bridgehead atoms. The molecule has 0 aliphatic carbocycles. The lowest BCUT2D eigenvalue weighted by atomic mass is 9.89. The fraction of sp³-hybridized carbons (Fsp3) is 0.321. The number of rotatable bonds is 11. The van der Waals surface area contributed by atoms with Gasteiger partial charge in [0.1, 0.15) is 24.9 Å². The summed E-state index contributed by atoms with van der Waals surface area (Å²) in [6, 6.07) is 16.4. The minimum Gasteiger partial charge on any atom is -0.457 e. The van der Waals surface area contributed by atoms with Gasteiger partial charge in [0, 0.05) is 29.5 Å². The summed E-state index contributed by atoms with van der Waals surface area (Å²) in [6.45, 7) is 0.115. The Morgan fingerprint density at radius 1 is 0.878 bits per heavy atom. The fourth-order valence-electron chi connectivity index (χ4n) is 3.97. The number of methoxy groups -OCH3 is 1. The van der Waals surface area contributed by atoms with Gasteiger partial charge in [-0.3, -0.25) is 5.32 Å². The summed E-state index contributed by atoms with van der Waals surface area (Å²) in [5, 5.41) is 1.74. The molecule has 0 saturated heterocycles. The van der Waals surface area contributed by atoms with Gasteiger partial charge in [-0.1, -0.05) is 67.4 Å². The van der Waals surface area contributed by atoms with E-state index < -0.39 is 41.4 Å². The van der Waals surface area contributed by atoms with Crippen LogP contribution in [0.4, 0.5) is 36.8 Å². The van der Waals surface area contributed by atoms with Crippen LogP contribution in [-0.4, -0.2) is 32.3 Å². The van der Waals surface area contributed by atoms with E-state index in [0.29, 0.717) is 23.7 Å². The first kappa shape index (κ1) is 32.0. The SMILES string of the molecule is CCCc1c(Oc2ccccc2COC(=O)Nc2ccccc2)ccc(C(OCOC)(C(F)(F)F)C(F)(F)F)c1Cl. The van der Waals surface area contributed by atoms with Gasteiger partial charge in [0.15, 0.2) is 0 Å². The maximum atomic E-state index is 14.1. The van der Waals surface area contributed by atoms with E-state index >= 15 is 0 Å². The molecule has 0 heterocycles. The van der Waals surface area contributed by atoms with Gasteiger partial charge in [0.05, 0.1) is 5.02 Å². The first-order valence-electron chi connectivity index (χ1n) is 12.2. The summed E-state index contributed by atoms with van der Waals surface area (Å²) in [5.74, 6) is 0.0708. The zero-order chi connectivity index (χ0) is 30.3. The number of ether oxygens (including phenoxy) is 4. The number of hydrogen-bond acceptors (Lipinski definition) is 5. The van der Waals surface area contributed by atoms with Crippen LogP contribution in [0.5, 0.6) is 11.5 Å². The molecule has 222 valence electrons. The van der Waals surface area contributed by atoms with Crippen molar-refractivity contribution < 1.29 is 50.1 Å². The summed E-state index contributed by atoms with van der Waals surface area (Å²) in [6.07, 6.45) is -12.3. The van der Waals surface area contributed by atoms with Gasteiger partial charge >= 0.3 is 18.4 Å². The highest BCUT2D eigenvalue weighted by Gasteiger charge is 2.74. The van der Waals surface area contributed by atoms with Crippen LogP contribution in [-0.2, 0) is 32.8 Å². The summed E-state index contributed by atoms with van der Waals surface area (Å²) in [5.41, 5.74) is -5.32. The Morgan fingerprint density at radius 3 is 2.12 bits per heavy atom. The maximum Gasteiger partial charge on any atom is 0.431 e. The molecule has 3 aromatic carbocycles. The minimum atomic E-state index is -5.94. The van der Waals surface area contributed by atoms with Crippen molar-refractivity contribution in [1.29, 1.82) is 0 Å². The van der Waals surface area contributed by atoms with Crippen molar-refractivity contribution in [2.24, 2.45) is 0 Å². The molecule has 41 heavy (non-hydrogen) atoms. The van der Waals surface area contributed by atoms with Crippen LogP contribution in [0.15, 0.2) is 66.7 Å². The predicted octanol–water partition coefficient (Wildman–Crippen LogP) is 8.77. The number of anilines is 1. The predicted molar refractivity (Wildman–Crippen MR) is 139 cm³/mol. The molecule has 6 nitrogen and oxygen atoms in total. The zero-order valence-electron chi connectivity index (χ0n) is 21.9. The number of carbonyl (C=O) groups is 1. The molecule has 3 rings (SSSR count). The Bertz CT molecular complexity index is 1300. The third-order valence-corrected chi connectivity index (χ3v) is 6.27. The molecule has 0 aliphatic heterocycles. The quantitative estimate of drug-likeness (QED) is 0.175. The Labute approximate surface area is 237 Å². The summed E-state index contributed by atoms with van der Waals surface area (Å²) in [4.78, 5) is 12.2. The third kappa shape index (κ3) is 7.24. The van der Waals surface area contributed by atoms with Crippen molar-refractivity contribution in [3.05, 3.63) is 88.4 Å². The van der Waals surface area contributed by atoms with Crippen LogP contribution in [0.2, 0.25) is 5.02 Å². The Hall–Kier alpha value is -3.48. The molecule has 13 heteroatoms. The van der Waals surface area contributed by atoms with Crippen molar-refractivity contribution in [3.63, 3.8) is 0 Å². The Morgan fingerprint density at radius 2 is 1.51 bits per heavy atom. The van der Waals surface area contributed by atoms with Gasteiger partial charge in [0.2, 0.25) is 0 Å². The Kier molecular flexibility index (Phi) is 10.5. The smallest absolute Gasteiger partial charge is 0.431 e. The number of benzene rings is 3. The van der Waals surface area contributed by atoms with Crippen molar-refractivity contribution in [3.8, 4) is 11.5 Å². The maximum absolute atomic E-state index is 14.1. The molecular weight excluding hydrogens is 580 g/mol. The minimum absolute atomic E-state index is 0.0176. The lowest BCUT2D eigenvalue weighted by molar-refractivity contribution is -0.400. The number of amides is 1. The van der Waals surface area contributed by atoms with Crippen LogP contribution in [0.1, 0.15) is 30.0 Å². The van der Waals surface area contributed by atoms with Gasteiger partial charge < -0.3 is 18.9 Å². The second-order valence-corrected chi connectivity index (χ2v) is 9.04. The second kappa shape index (κ2) is 13.5. The molecule has 0 aromatic heterocycles. The molecule has 0 spiro atoms. The molecule has 0 radical (unpaired) electrons. The molecular formula is C28H26ClF6NO5. The molecule has 0 aliphatic rings. The standard InChI is InChI=1S/C28H26ClF6NO5/c1-3-9-20-23(15-14-21(24(20)29)26(27(30,31)32,28(33,34)35)40-17-38-2)41-22-13-8-7-10-18(22)16-39-25(37)36-19-11-5-4-6-12-19/h4-8,10-15H,3,9,16-17H2,1-2H3,(H,36,37). The lowest BCUT2D eigenvalue weighted by Gasteiger charge is -2.38. The van der Waals surface area contributed by atoms with E-state index in [-0.39, 0.29) is 30.1 Å². The van der Waals surface area contributed by atoms with Crippen LogP contribution >= 0.6 is 11.6 Å². The summed E-state index contributed by atoms with van der Waals surface area (Å²) in [7, 11) is 0.894. The number of para-hydroxylation sites is 2. The van der Waals surface area contributed by atoms with E-state index in [4.69, 9.17) is 21.1 Å². The van der Waals surface area contributed by atoms with Crippen molar-refractivity contribution in [2.45, 2.75) is 44.3 Å². The molecule has 0 saturated carbocycles. The average Bonchev–Trinajstić information content (AvgIpc) is 2.90. The van der Waals surface area contributed by atoms with E-state index in [0.717, 1.165) is 13.2 Å². The van der Waals surface area contributed by atoms with E-state index in [1.807, 2.05) is 0 Å². The van der Waals surface area contributed by atoms with Gasteiger partial charge in [0.25, 0.3) is 5.60 Å². The van der Waals surface area contributed by atoms with E-state index in [1.54, 1.807) is 55.5 Å².